The monoisotopic (exact) mass is 250 g/mol. The molecule has 0 radical (unpaired) electrons. The first-order valence-electron chi connectivity index (χ1n) is 6.21. The van der Waals surface area contributed by atoms with Crippen LogP contribution in [0.3, 0.4) is 0 Å². The summed E-state index contributed by atoms with van der Waals surface area (Å²) < 4.78 is 5.25. The average Bonchev–Trinajstić information content (AvgIpc) is 2.38. The molecule has 1 heterocycles. The van der Waals surface area contributed by atoms with E-state index < -0.39 is 0 Å². The topological polar surface area (TPSA) is 58.5 Å². The van der Waals surface area contributed by atoms with Crippen LogP contribution in [0.5, 0.6) is 0 Å². The molecule has 0 aliphatic heterocycles. The van der Waals surface area contributed by atoms with Gasteiger partial charge >= 0.3 is 0 Å². The summed E-state index contributed by atoms with van der Waals surface area (Å²) in [5.74, 6) is 0.762. The summed E-state index contributed by atoms with van der Waals surface area (Å²) in [5, 5.41) is 6.39. The standard InChI is InChI=1S/C13H22N4O/c1-4-18-9-8-15-13(14-3)16-10-12-7-5-6-11(2)17-12/h5-7H,4,8-10H2,1-3H3,(H2,14,15,16). The van der Waals surface area contributed by atoms with E-state index >= 15 is 0 Å². The minimum absolute atomic E-state index is 0.663. The van der Waals surface area contributed by atoms with Crippen LogP contribution in [0.4, 0.5) is 0 Å². The van der Waals surface area contributed by atoms with Crippen molar-refractivity contribution in [3.05, 3.63) is 29.6 Å². The number of aromatic nitrogens is 1. The van der Waals surface area contributed by atoms with Crippen molar-refractivity contribution in [1.82, 2.24) is 15.6 Å². The molecule has 1 aromatic heterocycles. The maximum atomic E-state index is 5.25. The van der Waals surface area contributed by atoms with Crippen molar-refractivity contribution in [3.8, 4) is 0 Å². The Hall–Kier alpha value is -1.62. The second-order valence-electron chi connectivity index (χ2n) is 3.82. The smallest absolute Gasteiger partial charge is 0.191 e. The van der Waals surface area contributed by atoms with Gasteiger partial charge in [-0.1, -0.05) is 6.07 Å². The number of nitrogens with zero attached hydrogens (tertiary/aromatic N) is 2. The number of hydrogen-bond donors (Lipinski definition) is 2. The van der Waals surface area contributed by atoms with Crippen molar-refractivity contribution in [2.24, 2.45) is 4.99 Å². The van der Waals surface area contributed by atoms with Gasteiger partial charge in [0, 0.05) is 25.9 Å². The van der Waals surface area contributed by atoms with Crippen molar-refractivity contribution in [2.75, 3.05) is 26.8 Å². The molecule has 0 spiro atoms. The van der Waals surface area contributed by atoms with E-state index in [0.29, 0.717) is 13.2 Å². The van der Waals surface area contributed by atoms with Crippen molar-refractivity contribution < 1.29 is 4.74 Å². The Morgan fingerprint density at radius 3 is 2.89 bits per heavy atom. The molecule has 18 heavy (non-hydrogen) atoms. The van der Waals surface area contributed by atoms with Gasteiger partial charge in [-0.05, 0) is 26.0 Å². The Kier molecular flexibility index (Phi) is 6.79. The second kappa shape index (κ2) is 8.47. The van der Waals surface area contributed by atoms with E-state index in [1.165, 1.54) is 0 Å². The van der Waals surface area contributed by atoms with Gasteiger partial charge in [0.25, 0.3) is 0 Å². The summed E-state index contributed by atoms with van der Waals surface area (Å²) in [6.45, 7) is 6.79. The molecule has 0 bridgehead atoms. The first kappa shape index (κ1) is 14.4. The lowest BCUT2D eigenvalue weighted by molar-refractivity contribution is 0.152. The normalized spacial score (nSPS) is 11.4. The summed E-state index contributed by atoms with van der Waals surface area (Å²) in [5.41, 5.74) is 2.02. The molecule has 0 fully saturated rings. The van der Waals surface area contributed by atoms with Crippen LogP contribution < -0.4 is 10.6 Å². The van der Waals surface area contributed by atoms with Gasteiger partial charge in [0.2, 0.25) is 0 Å². The van der Waals surface area contributed by atoms with Crippen molar-refractivity contribution in [3.63, 3.8) is 0 Å². The summed E-state index contributed by atoms with van der Waals surface area (Å²) >= 11 is 0. The predicted molar refractivity (Wildman–Crippen MR) is 73.7 cm³/mol. The Balaban J connectivity index is 2.31. The fourth-order valence-electron chi connectivity index (χ4n) is 1.48. The van der Waals surface area contributed by atoms with Crippen LogP contribution in [0.1, 0.15) is 18.3 Å². The van der Waals surface area contributed by atoms with Crippen LogP contribution in [0.2, 0.25) is 0 Å². The Labute approximate surface area is 109 Å². The zero-order valence-electron chi connectivity index (χ0n) is 11.4. The number of ether oxygens (including phenoxy) is 1. The van der Waals surface area contributed by atoms with Gasteiger partial charge in [0.15, 0.2) is 5.96 Å². The fraction of sp³-hybridized carbons (Fsp3) is 0.538. The molecule has 5 nitrogen and oxygen atoms in total. The lowest BCUT2D eigenvalue weighted by atomic mass is 10.3. The SMILES string of the molecule is CCOCCNC(=NC)NCc1cccc(C)n1. The molecule has 1 aromatic rings. The third-order valence-electron chi connectivity index (χ3n) is 2.35. The van der Waals surface area contributed by atoms with Crippen LogP contribution in [0, 0.1) is 6.92 Å². The van der Waals surface area contributed by atoms with Crippen molar-refractivity contribution in [2.45, 2.75) is 20.4 Å². The van der Waals surface area contributed by atoms with Crippen molar-refractivity contribution >= 4 is 5.96 Å². The third-order valence-corrected chi connectivity index (χ3v) is 2.35. The van der Waals surface area contributed by atoms with Gasteiger partial charge in [0.05, 0.1) is 18.8 Å². The van der Waals surface area contributed by atoms with E-state index in [4.69, 9.17) is 4.74 Å². The summed E-state index contributed by atoms with van der Waals surface area (Å²) in [4.78, 5) is 8.55. The number of hydrogen-bond acceptors (Lipinski definition) is 3. The van der Waals surface area contributed by atoms with Crippen LogP contribution >= 0.6 is 0 Å². The van der Waals surface area contributed by atoms with Gasteiger partial charge < -0.3 is 15.4 Å². The van der Waals surface area contributed by atoms with Gasteiger partial charge in [-0.25, -0.2) is 0 Å². The van der Waals surface area contributed by atoms with E-state index in [0.717, 1.165) is 30.5 Å². The maximum absolute atomic E-state index is 5.25. The highest BCUT2D eigenvalue weighted by molar-refractivity contribution is 5.79. The third kappa shape index (κ3) is 5.63. The van der Waals surface area contributed by atoms with Crippen LogP contribution in [-0.2, 0) is 11.3 Å². The lowest BCUT2D eigenvalue weighted by Gasteiger charge is -2.11. The van der Waals surface area contributed by atoms with E-state index in [2.05, 4.69) is 20.6 Å². The highest BCUT2D eigenvalue weighted by Crippen LogP contribution is 1.97. The first-order valence-corrected chi connectivity index (χ1v) is 6.21. The van der Waals surface area contributed by atoms with Gasteiger partial charge in [-0.2, -0.15) is 0 Å². The maximum Gasteiger partial charge on any atom is 0.191 e. The first-order chi connectivity index (χ1) is 8.76. The van der Waals surface area contributed by atoms with Gasteiger partial charge in [-0.15, -0.1) is 0 Å². The molecule has 0 atom stereocenters. The number of guanidine groups is 1. The molecule has 0 aliphatic carbocycles. The number of aliphatic imine (C=N–C) groups is 1. The zero-order valence-corrected chi connectivity index (χ0v) is 11.4. The van der Waals surface area contributed by atoms with E-state index in [1.807, 2.05) is 32.0 Å². The van der Waals surface area contributed by atoms with E-state index in [9.17, 15) is 0 Å². The van der Waals surface area contributed by atoms with Crippen LogP contribution in [-0.4, -0.2) is 37.7 Å². The Morgan fingerprint density at radius 1 is 1.39 bits per heavy atom. The van der Waals surface area contributed by atoms with Gasteiger partial charge in [0.1, 0.15) is 0 Å². The molecule has 2 N–H and O–H groups in total. The molecule has 0 saturated heterocycles. The largest absolute Gasteiger partial charge is 0.380 e. The molecule has 5 heteroatoms. The number of nitrogens with one attached hydrogen (secondary N) is 2. The van der Waals surface area contributed by atoms with Crippen LogP contribution in [0.15, 0.2) is 23.2 Å². The number of aryl methyl sites for hydroxylation is 1. The molecule has 1 rings (SSSR count). The fourth-order valence-corrected chi connectivity index (χ4v) is 1.48. The summed E-state index contributed by atoms with van der Waals surface area (Å²) in [6, 6.07) is 5.98. The zero-order chi connectivity index (χ0) is 13.2. The van der Waals surface area contributed by atoms with E-state index in [1.54, 1.807) is 7.05 Å². The minimum Gasteiger partial charge on any atom is -0.380 e. The number of rotatable bonds is 6. The van der Waals surface area contributed by atoms with E-state index in [-0.39, 0.29) is 0 Å². The lowest BCUT2D eigenvalue weighted by Crippen LogP contribution is -2.38. The summed E-state index contributed by atoms with van der Waals surface area (Å²) in [7, 11) is 1.75. The molecule has 0 amide bonds. The molecular formula is C13H22N4O. The van der Waals surface area contributed by atoms with Crippen LogP contribution in [0.25, 0.3) is 0 Å². The molecule has 0 saturated carbocycles. The Morgan fingerprint density at radius 2 is 2.22 bits per heavy atom. The molecule has 0 unspecified atom stereocenters. The average molecular weight is 250 g/mol. The highest BCUT2D eigenvalue weighted by atomic mass is 16.5. The minimum atomic E-state index is 0.663. The quantitative estimate of drug-likeness (QED) is 0.451. The number of pyridine rings is 1. The predicted octanol–water partition coefficient (Wildman–Crippen LogP) is 1.09. The highest BCUT2D eigenvalue weighted by Gasteiger charge is 1.98. The van der Waals surface area contributed by atoms with Crippen molar-refractivity contribution in [1.29, 1.82) is 0 Å². The molecule has 0 aromatic carbocycles. The Bertz CT molecular complexity index is 379. The molecule has 0 aliphatic rings. The molecular weight excluding hydrogens is 228 g/mol. The summed E-state index contributed by atoms with van der Waals surface area (Å²) in [6.07, 6.45) is 0. The second-order valence-corrected chi connectivity index (χ2v) is 3.82. The molecule has 100 valence electrons. The van der Waals surface area contributed by atoms with Gasteiger partial charge in [-0.3, -0.25) is 9.98 Å².